The maximum absolute atomic E-state index is 5.95. The van der Waals surface area contributed by atoms with Crippen LogP contribution in [0.15, 0.2) is 24.3 Å². The number of aromatic nitrogens is 2. The fourth-order valence-corrected chi connectivity index (χ4v) is 1.86. The third kappa shape index (κ3) is 3.20. The molecule has 0 amide bonds. The van der Waals surface area contributed by atoms with Crippen molar-refractivity contribution in [2.45, 2.75) is 26.3 Å². The summed E-state index contributed by atoms with van der Waals surface area (Å²) in [5.74, 6) is 0.587. The van der Waals surface area contributed by atoms with E-state index in [1.807, 2.05) is 24.3 Å². The normalized spacial score (nSPS) is 13.2. The van der Waals surface area contributed by atoms with Crippen LogP contribution < -0.4 is 10.5 Å². The Bertz CT molecular complexity index is 445. The van der Waals surface area contributed by atoms with Gasteiger partial charge >= 0.3 is 0 Å². The summed E-state index contributed by atoms with van der Waals surface area (Å²) in [5.41, 5.74) is 7.85. The Kier molecular flexibility index (Phi) is 3.64. The Balaban J connectivity index is 1.95. The van der Waals surface area contributed by atoms with Crippen LogP contribution in [-0.4, -0.2) is 22.6 Å². The highest BCUT2D eigenvalue weighted by molar-refractivity contribution is 5.75. The minimum Gasteiger partial charge on any atom is -0.463 e. The number of nitrogens with zero attached hydrogens (tertiary/aromatic N) is 1. The molecule has 2 aromatic rings. The lowest BCUT2D eigenvalue weighted by atomic mass is 10.1. The van der Waals surface area contributed by atoms with E-state index in [0.717, 1.165) is 17.5 Å². The van der Waals surface area contributed by atoms with E-state index < -0.39 is 0 Å². The monoisotopic (exact) mass is 233 g/mol. The number of H-pyrrole nitrogens is 1. The minimum absolute atomic E-state index is 0.0585. The number of aromatic amines is 1. The van der Waals surface area contributed by atoms with Gasteiger partial charge in [-0.15, -0.1) is 0 Å². The van der Waals surface area contributed by atoms with Crippen molar-refractivity contribution < 1.29 is 4.74 Å². The zero-order valence-corrected chi connectivity index (χ0v) is 10.3. The number of benzene rings is 1. The van der Waals surface area contributed by atoms with Crippen LogP contribution in [0.1, 0.15) is 20.3 Å². The van der Waals surface area contributed by atoms with Gasteiger partial charge < -0.3 is 15.5 Å². The number of hydrogen-bond donors (Lipinski definition) is 2. The van der Waals surface area contributed by atoms with Gasteiger partial charge in [0.15, 0.2) is 0 Å². The lowest BCUT2D eigenvalue weighted by Gasteiger charge is -2.13. The topological polar surface area (TPSA) is 63.9 Å². The summed E-state index contributed by atoms with van der Waals surface area (Å²) in [6, 6.07) is 8.45. The standard InChI is InChI=1S/C13H19N3O/c1-9(2)7-10(14)8-17-13-15-11-5-3-4-6-12(11)16-13/h3-6,9-10H,7-8,14H2,1-2H3,(H,15,16)/t10-/m0/s1. The molecule has 0 bridgehead atoms. The fraction of sp³-hybridized carbons (Fsp3) is 0.462. The number of rotatable bonds is 5. The molecule has 4 nitrogen and oxygen atoms in total. The van der Waals surface area contributed by atoms with E-state index in [0.29, 0.717) is 18.5 Å². The van der Waals surface area contributed by atoms with Crippen LogP contribution in [0.5, 0.6) is 6.01 Å². The van der Waals surface area contributed by atoms with Crippen molar-refractivity contribution in [2.75, 3.05) is 6.61 Å². The number of nitrogens with one attached hydrogen (secondary N) is 1. The van der Waals surface area contributed by atoms with Crippen LogP contribution in [0.3, 0.4) is 0 Å². The van der Waals surface area contributed by atoms with Crippen molar-refractivity contribution >= 4 is 11.0 Å². The second-order valence-electron chi connectivity index (χ2n) is 4.76. The van der Waals surface area contributed by atoms with Crippen LogP contribution in [0.2, 0.25) is 0 Å². The molecule has 0 fully saturated rings. The number of hydrogen-bond acceptors (Lipinski definition) is 3. The third-order valence-corrected chi connectivity index (χ3v) is 2.58. The van der Waals surface area contributed by atoms with Gasteiger partial charge in [0.1, 0.15) is 6.61 Å². The molecule has 0 spiro atoms. The Hall–Kier alpha value is -1.55. The second-order valence-corrected chi connectivity index (χ2v) is 4.76. The molecule has 0 aliphatic heterocycles. The third-order valence-electron chi connectivity index (χ3n) is 2.58. The number of nitrogens with two attached hydrogens (primary N) is 1. The van der Waals surface area contributed by atoms with Crippen molar-refractivity contribution in [3.05, 3.63) is 24.3 Å². The summed E-state index contributed by atoms with van der Waals surface area (Å²) in [4.78, 5) is 7.45. The first-order valence-electron chi connectivity index (χ1n) is 5.98. The van der Waals surface area contributed by atoms with Crippen LogP contribution in [0.25, 0.3) is 11.0 Å². The van der Waals surface area contributed by atoms with Crippen molar-refractivity contribution in [2.24, 2.45) is 11.7 Å². The predicted octanol–water partition coefficient (Wildman–Crippen LogP) is 2.32. The highest BCUT2D eigenvalue weighted by atomic mass is 16.5. The van der Waals surface area contributed by atoms with Crippen molar-refractivity contribution in [1.29, 1.82) is 0 Å². The van der Waals surface area contributed by atoms with E-state index in [1.54, 1.807) is 0 Å². The van der Waals surface area contributed by atoms with Gasteiger partial charge in [-0.1, -0.05) is 26.0 Å². The Labute approximate surface area is 101 Å². The summed E-state index contributed by atoms with van der Waals surface area (Å²) < 4.78 is 5.56. The Morgan fingerprint density at radius 2 is 2.12 bits per heavy atom. The average molecular weight is 233 g/mol. The van der Waals surface area contributed by atoms with E-state index in [4.69, 9.17) is 10.5 Å². The molecule has 1 aromatic heterocycles. The molecule has 92 valence electrons. The molecule has 0 aliphatic rings. The molecular weight excluding hydrogens is 214 g/mol. The van der Waals surface area contributed by atoms with Gasteiger partial charge in [0.25, 0.3) is 6.01 Å². The molecule has 4 heteroatoms. The lowest BCUT2D eigenvalue weighted by molar-refractivity contribution is 0.255. The fourth-order valence-electron chi connectivity index (χ4n) is 1.86. The number of ether oxygens (including phenoxy) is 1. The van der Waals surface area contributed by atoms with E-state index in [2.05, 4.69) is 23.8 Å². The molecule has 0 saturated heterocycles. The molecular formula is C13H19N3O. The first-order valence-corrected chi connectivity index (χ1v) is 5.98. The van der Waals surface area contributed by atoms with Gasteiger partial charge in [-0.2, -0.15) is 4.98 Å². The summed E-state index contributed by atoms with van der Waals surface area (Å²) in [6.07, 6.45) is 0.959. The number of imidazole rings is 1. The first-order chi connectivity index (χ1) is 8.15. The highest BCUT2D eigenvalue weighted by Gasteiger charge is 2.08. The molecule has 1 atom stereocenters. The summed E-state index contributed by atoms with van der Waals surface area (Å²) in [5, 5.41) is 0. The van der Waals surface area contributed by atoms with Crippen LogP contribution in [0.4, 0.5) is 0 Å². The van der Waals surface area contributed by atoms with Crippen molar-refractivity contribution in [3.63, 3.8) is 0 Å². The number of fused-ring (bicyclic) bond motifs is 1. The molecule has 0 aliphatic carbocycles. The molecule has 17 heavy (non-hydrogen) atoms. The van der Waals surface area contributed by atoms with E-state index in [-0.39, 0.29) is 6.04 Å². The van der Waals surface area contributed by atoms with Gasteiger partial charge in [0.05, 0.1) is 11.0 Å². The molecule has 2 rings (SSSR count). The van der Waals surface area contributed by atoms with Crippen LogP contribution >= 0.6 is 0 Å². The molecule has 3 N–H and O–H groups in total. The zero-order chi connectivity index (χ0) is 12.3. The average Bonchev–Trinajstić information content (AvgIpc) is 2.68. The van der Waals surface area contributed by atoms with Crippen molar-refractivity contribution in [3.8, 4) is 6.01 Å². The van der Waals surface area contributed by atoms with Gasteiger partial charge in [-0.3, -0.25) is 0 Å². The lowest BCUT2D eigenvalue weighted by Crippen LogP contribution is -2.29. The zero-order valence-electron chi connectivity index (χ0n) is 10.3. The molecule has 0 saturated carbocycles. The SMILES string of the molecule is CC(C)C[C@H](N)COc1nc2ccccc2[nH]1. The summed E-state index contributed by atoms with van der Waals surface area (Å²) in [7, 11) is 0. The van der Waals surface area contributed by atoms with E-state index in [9.17, 15) is 0 Å². The first kappa shape index (κ1) is 11.9. The molecule has 0 radical (unpaired) electrons. The maximum Gasteiger partial charge on any atom is 0.294 e. The molecule has 0 unspecified atom stereocenters. The molecule has 1 heterocycles. The van der Waals surface area contributed by atoms with Crippen molar-refractivity contribution in [1.82, 2.24) is 9.97 Å². The Morgan fingerprint density at radius 1 is 1.35 bits per heavy atom. The quantitative estimate of drug-likeness (QED) is 0.833. The van der Waals surface area contributed by atoms with Crippen LogP contribution in [0, 0.1) is 5.92 Å². The Morgan fingerprint density at radius 3 is 2.82 bits per heavy atom. The minimum atomic E-state index is 0.0585. The van der Waals surface area contributed by atoms with Crippen LogP contribution in [-0.2, 0) is 0 Å². The summed E-state index contributed by atoms with van der Waals surface area (Å²) in [6.45, 7) is 4.81. The largest absolute Gasteiger partial charge is 0.463 e. The highest BCUT2D eigenvalue weighted by Crippen LogP contribution is 2.15. The van der Waals surface area contributed by atoms with E-state index >= 15 is 0 Å². The van der Waals surface area contributed by atoms with Gasteiger partial charge in [-0.05, 0) is 24.5 Å². The van der Waals surface area contributed by atoms with Gasteiger partial charge in [-0.25, -0.2) is 0 Å². The predicted molar refractivity (Wildman–Crippen MR) is 69.0 cm³/mol. The number of para-hydroxylation sites is 2. The molecule has 1 aromatic carbocycles. The second kappa shape index (κ2) is 5.19. The van der Waals surface area contributed by atoms with E-state index in [1.165, 1.54) is 0 Å². The smallest absolute Gasteiger partial charge is 0.294 e. The van der Waals surface area contributed by atoms with Gasteiger partial charge in [0, 0.05) is 6.04 Å². The summed E-state index contributed by atoms with van der Waals surface area (Å²) >= 11 is 0. The maximum atomic E-state index is 5.95. The van der Waals surface area contributed by atoms with Gasteiger partial charge in [0.2, 0.25) is 0 Å².